The van der Waals surface area contributed by atoms with E-state index in [1.807, 2.05) is 32.9 Å². The fourth-order valence-electron chi connectivity index (χ4n) is 3.08. The van der Waals surface area contributed by atoms with Gasteiger partial charge in [-0.05, 0) is 45.7 Å². The van der Waals surface area contributed by atoms with E-state index in [4.69, 9.17) is 9.47 Å². The number of ether oxygens (including phenoxy) is 2. The first-order valence-corrected chi connectivity index (χ1v) is 7.40. The van der Waals surface area contributed by atoms with Crippen LogP contribution in [-0.2, 0) is 4.74 Å². The van der Waals surface area contributed by atoms with E-state index in [1.54, 1.807) is 17.3 Å². The Bertz CT molecular complexity index is 510. The number of hydrogen-bond acceptors (Lipinski definition) is 4. The lowest BCUT2D eigenvalue weighted by molar-refractivity contribution is -0.116. The van der Waals surface area contributed by atoms with Crippen LogP contribution in [0.3, 0.4) is 0 Å². The third-order valence-electron chi connectivity index (χ3n) is 3.98. The lowest BCUT2D eigenvalue weighted by Crippen LogP contribution is -2.66. The molecule has 114 valence electrons. The molecule has 0 bridgehead atoms. The van der Waals surface area contributed by atoms with Gasteiger partial charge in [0.25, 0.3) is 0 Å². The first-order valence-electron chi connectivity index (χ1n) is 7.40. The van der Waals surface area contributed by atoms with E-state index >= 15 is 0 Å². The minimum Gasteiger partial charge on any atom is -0.490 e. The van der Waals surface area contributed by atoms with Crippen LogP contribution in [0.5, 0.6) is 5.75 Å². The fraction of sp³-hybridized carbons (Fsp3) is 0.625. The molecule has 1 aliphatic heterocycles. The molecule has 1 saturated heterocycles. The molecule has 1 aliphatic carbocycles. The van der Waals surface area contributed by atoms with Gasteiger partial charge in [-0.2, -0.15) is 0 Å². The Labute approximate surface area is 125 Å². The normalized spacial score (nSPS) is 20.6. The monoisotopic (exact) mass is 290 g/mol. The standard InChI is InChI=1S/C16H22N2O3/c1-15(2,3)21-14(19)18-10-16(11-18)8-13(9-16)20-12-4-6-17-7-5-12/h4-7,13H,8-11H2,1-3H3. The van der Waals surface area contributed by atoms with Crippen LogP contribution in [0.1, 0.15) is 33.6 Å². The van der Waals surface area contributed by atoms with E-state index in [0.29, 0.717) is 0 Å². The molecule has 1 aromatic heterocycles. The van der Waals surface area contributed by atoms with E-state index in [2.05, 4.69) is 4.98 Å². The molecule has 5 nitrogen and oxygen atoms in total. The van der Waals surface area contributed by atoms with Crippen molar-refractivity contribution in [2.75, 3.05) is 13.1 Å². The second kappa shape index (κ2) is 4.90. The van der Waals surface area contributed by atoms with Gasteiger partial charge in [0.15, 0.2) is 0 Å². The Kier molecular flexibility index (Phi) is 3.30. The third kappa shape index (κ3) is 3.12. The maximum absolute atomic E-state index is 11.9. The van der Waals surface area contributed by atoms with Crippen molar-refractivity contribution in [2.24, 2.45) is 5.41 Å². The van der Waals surface area contributed by atoms with E-state index in [-0.39, 0.29) is 17.6 Å². The highest BCUT2D eigenvalue weighted by Gasteiger charge is 2.55. The Morgan fingerprint density at radius 2 is 1.90 bits per heavy atom. The molecule has 0 aromatic carbocycles. The molecule has 0 N–H and O–H groups in total. The molecule has 2 heterocycles. The molecule has 1 amide bonds. The Morgan fingerprint density at radius 1 is 1.29 bits per heavy atom. The Morgan fingerprint density at radius 3 is 2.48 bits per heavy atom. The molecule has 2 aliphatic rings. The number of rotatable bonds is 2. The molecule has 0 atom stereocenters. The van der Waals surface area contributed by atoms with Crippen LogP contribution in [0.2, 0.25) is 0 Å². The fourth-order valence-corrected chi connectivity index (χ4v) is 3.08. The minimum absolute atomic E-state index is 0.202. The summed E-state index contributed by atoms with van der Waals surface area (Å²) >= 11 is 0. The maximum atomic E-state index is 11.9. The molecular formula is C16H22N2O3. The zero-order valence-corrected chi connectivity index (χ0v) is 12.8. The quantitative estimate of drug-likeness (QED) is 0.840. The highest BCUT2D eigenvalue weighted by atomic mass is 16.6. The summed E-state index contributed by atoms with van der Waals surface area (Å²) in [5.74, 6) is 0.869. The van der Waals surface area contributed by atoms with Gasteiger partial charge in [0.1, 0.15) is 17.5 Å². The molecule has 21 heavy (non-hydrogen) atoms. The third-order valence-corrected chi connectivity index (χ3v) is 3.98. The van der Waals surface area contributed by atoms with E-state index in [0.717, 1.165) is 31.7 Å². The van der Waals surface area contributed by atoms with Gasteiger partial charge in [-0.15, -0.1) is 0 Å². The number of carbonyl (C=O) groups is 1. The van der Waals surface area contributed by atoms with Crippen molar-refractivity contribution in [3.05, 3.63) is 24.5 Å². The maximum Gasteiger partial charge on any atom is 0.410 e. The van der Waals surface area contributed by atoms with E-state index in [9.17, 15) is 4.79 Å². The van der Waals surface area contributed by atoms with Crippen molar-refractivity contribution in [2.45, 2.75) is 45.3 Å². The summed E-state index contributed by atoms with van der Waals surface area (Å²) in [6, 6.07) is 3.75. The molecule has 0 unspecified atom stereocenters. The van der Waals surface area contributed by atoms with Gasteiger partial charge >= 0.3 is 6.09 Å². The first kappa shape index (κ1) is 14.2. The summed E-state index contributed by atoms with van der Waals surface area (Å²) in [5, 5.41) is 0. The number of amides is 1. The number of aromatic nitrogens is 1. The van der Waals surface area contributed by atoms with Gasteiger partial charge < -0.3 is 14.4 Å². The molecule has 1 spiro atoms. The van der Waals surface area contributed by atoms with Crippen LogP contribution < -0.4 is 4.74 Å². The number of hydrogen-bond donors (Lipinski definition) is 0. The zero-order valence-electron chi connectivity index (χ0n) is 12.8. The topological polar surface area (TPSA) is 51.7 Å². The SMILES string of the molecule is CC(C)(C)OC(=O)N1CC2(CC(Oc3ccncc3)C2)C1. The smallest absolute Gasteiger partial charge is 0.410 e. The van der Waals surface area contributed by atoms with Crippen molar-refractivity contribution in [1.82, 2.24) is 9.88 Å². The predicted octanol–water partition coefficient (Wildman–Crippen LogP) is 2.86. The highest BCUT2D eigenvalue weighted by Crippen LogP contribution is 2.49. The molecule has 3 rings (SSSR count). The largest absolute Gasteiger partial charge is 0.490 e. The van der Waals surface area contributed by atoms with Crippen LogP contribution in [-0.4, -0.2) is 40.8 Å². The average Bonchev–Trinajstić information content (AvgIpc) is 2.29. The second-order valence-electron chi connectivity index (χ2n) is 7.17. The van der Waals surface area contributed by atoms with E-state index in [1.165, 1.54) is 0 Å². The van der Waals surface area contributed by atoms with Crippen LogP contribution in [0.25, 0.3) is 0 Å². The van der Waals surface area contributed by atoms with Crippen molar-refractivity contribution < 1.29 is 14.3 Å². The van der Waals surface area contributed by atoms with Crippen molar-refractivity contribution in [3.8, 4) is 5.75 Å². The average molecular weight is 290 g/mol. The number of nitrogens with zero attached hydrogens (tertiary/aromatic N) is 2. The number of likely N-dealkylation sites (tertiary alicyclic amines) is 1. The molecule has 1 saturated carbocycles. The van der Waals surface area contributed by atoms with Crippen molar-refractivity contribution >= 4 is 6.09 Å². The first-order chi connectivity index (χ1) is 9.85. The van der Waals surface area contributed by atoms with Crippen molar-refractivity contribution in [3.63, 3.8) is 0 Å². The Balaban J connectivity index is 1.43. The molecule has 2 fully saturated rings. The second-order valence-corrected chi connectivity index (χ2v) is 7.17. The van der Waals surface area contributed by atoms with Crippen LogP contribution in [0.4, 0.5) is 4.79 Å². The summed E-state index contributed by atoms with van der Waals surface area (Å²) in [6.45, 7) is 7.25. The molecule has 1 aromatic rings. The van der Waals surface area contributed by atoms with Gasteiger partial charge in [0.2, 0.25) is 0 Å². The van der Waals surface area contributed by atoms with E-state index < -0.39 is 5.60 Å². The summed E-state index contributed by atoms with van der Waals surface area (Å²) in [7, 11) is 0. The lowest BCUT2D eigenvalue weighted by Gasteiger charge is -2.58. The molecular weight excluding hydrogens is 268 g/mol. The van der Waals surface area contributed by atoms with Crippen LogP contribution in [0, 0.1) is 5.41 Å². The minimum atomic E-state index is -0.424. The van der Waals surface area contributed by atoms with Gasteiger partial charge in [-0.3, -0.25) is 4.98 Å². The molecule has 0 radical (unpaired) electrons. The summed E-state index contributed by atoms with van der Waals surface area (Å²) in [4.78, 5) is 17.7. The summed E-state index contributed by atoms with van der Waals surface area (Å²) < 4.78 is 11.3. The predicted molar refractivity (Wildman–Crippen MR) is 78.1 cm³/mol. The van der Waals surface area contributed by atoms with Gasteiger partial charge in [-0.1, -0.05) is 0 Å². The lowest BCUT2D eigenvalue weighted by atomic mass is 9.62. The van der Waals surface area contributed by atoms with Gasteiger partial charge in [0.05, 0.1) is 0 Å². The van der Waals surface area contributed by atoms with Gasteiger partial charge in [0, 0.05) is 30.9 Å². The number of carbonyl (C=O) groups excluding carboxylic acids is 1. The molecule has 5 heteroatoms. The van der Waals surface area contributed by atoms with Crippen LogP contribution in [0.15, 0.2) is 24.5 Å². The zero-order chi connectivity index (χ0) is 15.1. The Hall–Kier alpha value is -1.78. The number of pyridine rings is 1. The van der Waals surface area contributed by atoms with Crippen molar-refractivity contribution in [1.29, 1.82) is 0 Å². The highest BCUT2D eigenvalue weighted by molar-refractivity contribution is 5.69. The van der Waals surface area contributed by atoms with Crippen LogP contribution >= 0.6 is 0 Å². The van der Waals surface area contributed by atoms with Gasteiger partial charge in [-0.25, -0.2) is 4.79 Å². The summed E-state index contributed by atoms with van der Waals surface area (Å²) in [5.41, 5.74) is -0.166. The summed E-state index contributed by atoms with van der Waals surface area (Å²) in [6.07, 6.45) is 5.54.